The zero-order valence-electron chi connectivity index (χ0n) is 12.4. The number of methoxy groups -OCH3 is 1. The first kappa shape index (κ1) is 15.0. The van der Waals surface area contributed by atoms with Crippen molar-refractivity contribution < 1.29 is 4.74 Å². The summed E-state index contributed by atoms with van der Waals surface area (Å²) in [6, 6.07) is 2.37. The molecule has 1 N–H and O–H groups in total. The summed E-state index contributed by atoms with van der Waals surface area (Å²) >= 11 is 0. The molecule has 1 aromatic rings. The van der Waals surface area contributed by atoms with Crippen LogP contribution in [-0.2, 0) is 7.05 Å². The van der Waals surface area contributed by atoms with Gasteiger partial charge in [0.1, 0.15) is 0 Å². The molecule has 0 aliphatic rings. The number of aryl methyl sites for hydroxylation is 1. The van der Waals surface area contributed by atoms with Crippen LogP contribution in [0.25, 0.3) is 0 Å². The van der Waals surface area contributed by atoms with Crippen molar-refractivity contribution in [3.05, 3.63) is 11.8 Å². The van der Waals surface area contributed by atoms with Crippen molar-refractivity contribution in [2.75, 3.05) is 13.7 Å². The van der Waals surface area contributed by atoms with Crippen LogP contribution in [0.2, 0.25) is 0 Å². The first-order valence-corrected chi connectivity index (χ1v) is 6.89. The van der Waals surface area contributed by atoms with Crippen LogP contribution in [0.1, 0.15) is 51.8 Å². The number of ether oxygens (including phenoxy) is 1. The lowest BCUT2D eigenvalue weighted by atomic mass is 10.0. The third kappa shape index (κ3) is 4.33. The van der Waals surface area contributed by atoms with Gasteiger partial charge in [0.15, 0.2) is 0 Å². The summed E-state index contributed by atoms with van der Waals surface area (Å²) in [6.07, 6.45) is 3.63. The van der Waals surface area contributed by atoms with Crippen molar-refractivity contribution in [2.45, 2.75) is 46.1 Å². The van der Waals surface area contributed by atoms with Crippen LogP contribution in [-0.4, -0.2) is 23.4 Å². The van der Waals surface area contributed by atoms with Crippen molar-refractivity contribution in [1.82, 2.24) is 15.1 Å². The van der Waals surface area contributed by atoms with E-state index in [2.05, 4.69) is 31.2 Å². The molecule has 4 nitrogen and oxygen atoms in total. The number of hydrogen-bond donors (Lipinski definition) is 1. The molecule has 4 heteroatoms. The first-order valence-electron chi connectivity index (χ1n) is 6.89. The lowest BCUT2D eigenvalue weighted by Gasteiger charge is -2.16. The van der Waals surface area contributed by atoms with E-state index in [1.54, 1.807) is 11.8 Å². The summed E-state index contributed by atoms with van der Waals surface area (Å²) in [6.45, 7) is 7.64. The highest BCUT2D eigenvalue weighted by molar-refractivity contribution is 5.18. The third-order valence-corrected chi connectivity index (χ3v) is 3.15. The Morgan fingerprint density at radius 2 is 2.11 bits per heavy atom. The Kier molecular flexibility index (Phi) is 6.19. The summed E-state index contributed by atoms with van der Waals surface area (Å²) in [5.74, 6) is 1.59. The standard InChI is InChI=1S/C14H27N3O/c1-6-15-12(9-7-8-11(2)3)13-10-14(18-5)17(4)16-13/h10-12,15H,6-9H2,1-5H3. The smallest absolute Gasteiger partial charge is 0.211 e. The van der Waals surface area contributed by atoms with Crippen LogP contribution < -0.4 is 10.1 Å². The zero-order chi connectivity index (χ0) is 13.5. The number of rotatable bonds is 8. The van der Waals surface area contributed by atoms with E-state index in [0.717, 1.165) is 30.5 Å². The Labute approximate surface area is 111 Å². The first-order chi connectivity index (χ1) is 8.58. The molecule has 0 saturated heterocycles. The molecular formula is C14H27N3O. The van der Waals surface area contributed by atoms with Gasteiger partial charge >= 0.3 is 0 Å². The Bertz CT molecular complexity index is 347. The minimum atomic E-state index is 0.337. The fraction of sp³-hybridized carbons (Fsp3) is 0.786. The second kappa shape index (κ2) is 7.41. The molecule has 1 aromatic heterocycles. The normalized spacial score (nSPS) is 13.0. The van der Waals surface area contributed by atoms with Crippen molar-refractivity contribution >= 4 is 0 Å². The van der Waals surface area contributed by atoms with Crippen LogP contribution >= 0.6 is 0 Å². The molecule has 18 heavy (non-hydrogen) atoms. The monoisotopic (exact) mass is 253 g/mol. The number of nitrogens with zero attached hydrogens (tertiary/aromatic N) is 2. The van der Waals surface area contributed by atoms with Gasteiger partial charge in [-0.25, -0.2) is 4.68 Å². The highest BCUT2D eigenvalue weighted by atomic mass is 16.5. The molecule has 1 rings (SSSR count). The fourth-order valence-corrected chi connectivity index (χ4v) is 2.16. The van der Waals surface area contributed by atoms with Gasteiger partial charge in [0.2, 0.25) is 5.88 Å². The summed E-state index contributed by atoms with van der Waals surface area (Å²) < 4.78 is 7.06. The topological polar surface area (TPSA) is 39.1 Å². The molecule has 1 heterocycles. The molecule has 0 radical (unpaired) electrons. The van der Waals surface area contributed by atoms with Gasteiger partial charge in [-0.3, -0.25) is 0 Å². The van der Waals surface area contributed by atoms with Crippen molar-refractivity contribution in [3.63, 3.8) is 0 Å². The van der Waals surface area contributed by atoms with E-state index in [4.69, 9.17) is 4.74 Å². The number of hydrogen-bond acceptors (Lipinski definition) is 3. The highest BCUT2D eigenvalue weighted by Gasteiger charge is 2.15. The molecule has 0 aliphatic carbocycles. The van der Waals surface area contributed by atoms with Crippen LogP contribution in [0.3, 0.4) is 0 Å². The lowest BCUT2D eigenvalue weighted by Crippen LogP contribution is -2.21. The second-order valence-electron chi connectivity index (χ2n) is 5.17. The molecule has 0 bridgehead atoms. The Hall–Kier alpha value is -1.03. The Morgan fingerprint density at radius 3 is 2.61 bits per heavy atom. The molecule has 104 valence electrons. The predicted octanol–water partition coefficient (Wildman–Crippen LogP) is 2.91. The Balaban J connectivity index is 2.64. The molecule has 1 atom stereocenters. The van der Waals surface area contributed by atoms with Crippen LogP contribution in [0.5, 0.6) is 5.88 Å². The van der Waals surface area contributed by atoms with E-state index in [1.807, 2.05) is 13.1 Å². The fourth-order valence-electron chi connectivity index (χ4n) is 2.16. The van der Waals surface area contributed by atoms with Crippen LogP contribution in [0.4, 0.5) is 0 Å². The van der Waals surface area contributed by atoms with Gasteiger partial charge in [-0.15, -0.1) is 0 Å². The van der Waals surface area contributed by atoms with E-state index in [-0.39, 0.29) is 0 Å². The SMILES string of the molecule is CCNC(CCCC(C)C)c1cc(OC)n(C)n1. The van der Waals surface area contributed by atoms with Crippen LogP contribution in [0.15, 0.2) is 6.07 Å². The average molecular weight is 253 g/mol. The third-order valence-electron chi connectivity index (χ3n) is 3.15. The molecule has 0 saturated carbocycles. The van der Waals surface area contributed by atoms with E-state index in [9.17, 15) is 0 Å². The molecule has 0 aromatic carbocycles. The van der Waals surface area contributed by atoms with Gasteiger partial charge in [-0.1, -0.05) is 33.6 Å². The van der Waals surface area contributed by atoms with E-state index < -0.39 is 0 Å². The van der Waals surface area contributed by atoms with Gasteiger partial charge in [-0.05, 0) is 18.9 Å². The second-order valence-corrected chi connectivity index (χ2v) is 5.17. The quantitative estimate of drug-likeness (QED) is 0.774. The van der Waals surface area contributed by atoms with E-state index in [0.29, 0.717) is 6.04 Å². The summed E-state index contributed by atoms with van der Waals surface area (Å²) in [7, 11) is 3.60. The highest BCUT2D eigenvalue weighted by Crippen LogP contribution is 2.23. The largest absolute Gasteiger partial charge is 0.481 e. The summed E-state index contributed by atoms with van der Waals surface area (Å²) in [4.78, 5) is 0. The lowest BCUT2D eigenvalue weighted by molar-refractivity contribution is 0.373. The molecule has 0 fully saturated rings. The maximum atomic E-state index is 5.27. The van der Waals surface area contributed by atoms with Crippen molar-refractivity contribution in [3.8, 4) is 5.88 Å². The molecule has 0 aliphatic heterocycles. The van der Waals surface area contributed by atoms with E-state index in [1.165, 1.54) is 12.8 Å². The minimum Gasteiger partial charge on any atom is -0.481 e. The van der Waals surface area contributed by atoms with Crippen molar-refractivity contribution in [2.24, 2.45) is 13.0 Å². The average Bonchev–Trinajstić information content (AvgIpc) is 2.69. The maximum Gasteiger partial charge on any atom is 0.211 e. The predicted molar refractivity (Wildman–Crippen MR) is 74.9 cm³/mol. The number of nitrogens with one attached hydrogen (secondary N) is 1. The van der Waals surface area contributed by atoms with Crippen LogP contribution in [0, 0.1) is 5.92 Å². The van der Waals surface area contributed by atoms with Gasteiger partial charge in [0.05, 0.1) is 18.8 Å². The molecular weight excluding hydrogens is 226 g/mol. The van der Waals surface area contributed by atoms with Gasteiger partial charge < -0.3 is 10.1 Å². The van der Waals surface area contributed by atoms with Gasteiger partial charge in [0.25, 0.3) is 0 Å². The molecule has 1 unspecified atom stereocenters. The van der Waals surface area contributed by atoms with Gasteiger partial charge in [-0.2, -0.15) is 5.10 Å². The number of aromatic nitrogens is 2. The maximum absolute atomic E-state index is 5.27. The molecule has 0 spiro atoms. The molecule has 0 amide bonds. The summed E-state index contributed by atoms with van der Waals surface area (Å²) in [5.41, 5.74) is 1.08. The van der Waals surface area contributed by atoms with E-state index >= 15 is 0 Å². The summed E-state index contributed by atoms with van der Waals surface area (Å²) in [5, 5.41) is 8.03. The van der Waals surface area contributed by atoms with Gasteiger partial charge in [0, 0.05) is 13.1 Å². The van der Waals surface area contributed by atoms with Crippen molar-refractivity contribution in [1.29, 1.82) is 0 Å². The minimum absolute atomic E-state index is 0.337. The Morgan fingerprint density at radius 1 is 1.39 bits per heavy atom. The zero-order valence-corrected chi connectivity index (χ0v) is 12.4.